The molecule has 13 nitrogen and oxygen atoms in total. The van der Waals surface area contributed by atoms with Crippen LogP contribution in [0.4, 0.5) is 9.18 Å². The number of cyclic esters (lactones) is 1. The van der Waals surface area contributed by atoms with Crippen molar-refractivity contribution in [2.45, 2.75) is 135 Å². The van der Waals surface area contributed by atoms with E-state index in [1.54, 1.807) is 65.1 Å². The van der Waals surface area contributed by atoms with Crippen molar-refractivity contribution in [3.63, 3.8) is 0 Å². The number of likely N-dealkylation sites (N-methyl/N-ethyl adjacent to an activating group) is 1. The Morgan fingerprint density at radius 3 is 2.46 bits per heavy atom. The fraction of sp³-hybridized carbons (Fsp3) is 0.651. The second-order valence-electron chi connectivity index (χ2n) is 16.9. The summed E-state index contributed by atoms with van der Waals surface area (Å²) < 4.78 is 45.4. The highest BCUT2D eigenvalue weighted by molar-refractivity contribution is 6.00. The molecular formula is C43H60FN3O10. The maximum absolute atomic E-state index is 14.5. The Morgan fingerprint density at radius 2 is 1.77 bits per heavy atom. The smallest absolute Gasteiger partial charge is 0.408 e. The molecule has 1 aromatic heterocycles. The van der Waals surface area contributed by atoms with E-state index in [1.807, 2.05) is 32.8 Å². The van der Waals surface area contributed by atoms with Gasteiger partial charge >= 0.3 is 12.1 Å². The third-order valence-electron chi connectivity index (χ3n) is 12.1. The average Bonchev–Trinajstić information content (AvgIpc) is 3.48. The fourth-order valence-electron chi connectivity index (χ4n) is 8.88. The van der Waals surface area contributed by atoms with Crippen LogP contribution in [-0.2, 0) is 38.1 Å². The summed E-state index contributed by atoms with van der Waals surface area (Å²) in [6.45, 7) is 13.8. The van der Waals surface area contributed by atoms with Gasteiger partial charge in [-0.1, -0.05) is 46.3 Å². The number of carbonyl (C=O) groups is 4. The number of pyridine rings is 1. The van der Waals surface area contributed by atoms with Crippen LogP contribution in [-0.4, -0.2) is 113 Å². The fourth-order valence-corrected chi connectivity index (χ4v) is 8.88. The molecule has 3 fully saturated rings. The van der Waals surface area contributed by atoms with Gasteiger partial charge in [-0.05, 0) is 90.9 Å². The predicted molar refractivity (Wildman–Crippen MR) is 210 cm³/mol. The minimum atomic E-state index is -1.41. The van der Waals surface area contributed by atoms with Crippen molar-refractivity contribution in [2.75, 3.05) is 20.7 Å². The summed E-state index contributed by atoms with van der Waals surface area (Å²) >= 11 is 0. The van der Waals surface area contributed by atoms with Crippen LogP contribution in [0.25, 0.3) is 17.0 Å². The van der Waals surface area contributed by atoms with Gasteiger partial charge in [-0.25, -0.2) is 9.18 Å². The number of nitrogens with one attached hydrogen (secondary N) is 1. The number of halogens is 1. The maximum Gasteiger partial charge on any atom is 0.408 e. The van der Waals surface area contributed by atoms with Gasteiger partial charge < -0.3 is 39.0 Å². The van der Waals surface area contributed by atoms with Gasteiger partial charge in [0.15, 0.2) is 17.7 Å². The highest BCUT2D eigenvalue weighted by Crippen LogP contribution is 2.40. The van der Waals surface area contributed by atoms with E-state index in [4.69, 9.17) is 23.7 Å². The van der Waals surface area contributed by atoms with Crippen molar-refractivity contribution < 1.29 is 52.4 Å². The number of rotatable bonds is 9. The lowest BCUT2D eigenvalue weighted by molar-refractivity contribution is -0.296. The highest BCUT2D eigenvalue weighted by Gasteiger charge is 2.57. The molecule has 3 aliphatic heterocycles. The molecule has 3 aliphatic rings. The first-order valence-corrected chi connectivity index (χ1v) is 20.1. The maximum atomic E-state index is 14.5. The summed E-state index contributed by atoms with van der Waals surface area (Å²) in [5.41, 5.74) is -1.47. The first kappa shape index (κ1) is 44.3. The molecule has 14 heteroatoms. The minimum Gasteiger partial charge on any atom is -0.457 e. The van der Waals surface area contributed by atoms with Crippen LogP contribution in [0.3, 0.4) is 0 Å². The molecule has 0 aliphatic carbocycles. The molecule has 2 N–H and O–H groups in total. The lowest BCUT2D eigenvalue weighted by Gasteiger charge is -2.47. The number of carbonyl (C=O) groups excluding carboxylic acids is 4. The largest absolute Gasteiger partial charge is 0.457 e. The average molecular weight is 798 g/mol. The second-order valence-corrected chi connectivity index (χ2v) is 16.9. The molecule has 1 aromatic carbocycles. The lowest BCUT2D eigenvalue weighted by atomic mass is 9.73. The molecule has 13 atom stereocenters. The quantitative estimate of drug-likeness (QED) is 0.238. The van der Waals surface area contributed by atoms with Crippen molar-refractivity contribution >= 4 is 40.6 Å². The van der Waals surface area contributed by atoms with Crippen molar-refractivity contribution in [1.82, 2.24) is 15.2 Å². The number of ether oxygens (including phenoxy) is 5. The number of alkyl carbamates (subject to hydrolysis) is 1. The number of aliphatic hydroxyl groups excluding tert-OH is 1. The van der Waals surface area contributed by atoms with Crippen LogP contribution in [0.1, 0.15) is 86.6 Å². The van der Waals surface area contributed by atoms with Crippen LogP contribution in [0, 0.1) is 29.5 Å². The zero-order valence-corrected chi connectivity index (χ0v) is 34.8. The van der Waals surface area contributed by atoms with E-state index in [1.165, 1.54) is 19.1 Å². The van der Waals surface area contributed by atoms with Gasteiger partial charge in [0, 0.05) is 35.4 Å². The Hall–Kier alpha value is -3.82. The zero-order chi connectivity index (χ0) is 42.0. The molecule has 5 rings (SSSR count). The van der Waals surface area contributed by atoms with E-state index in [0.717, 1.165) is 0 Å². The predicted octanol–water partition coefficient (Wildman–Crippen LogP) is 5.64. The summed E-state index contributed by atoms with van der Waals surface area (Å²) in [5.74, 6) is -5.69. The molecule has 1 amide bonds. The third-order valence-corrected chi connectivity index (χ3v) is 12.1. The van der Waals surface area contributed by atoms with E-state index >= 15 is 0 Å². The molecule has 3 saturated heterocycles. The van der Waals surface area contributed by atoms with Gasteiger partial charge in [0.05, 0.1) is 36.0 Å². The standard InChI is InChI=1S/C43H60FN3O10/c1-11-13-33-43(8)37(46-41(52)57-43)25(4)34(48)23(2)21-42(7,53-17-12-14-28-19-29-20-30(44)15-16-31(29)45-22-28)38(26(5)35(49)27(6)39(51)55-33)56-40-36(50)32(47(9)10)18-24(3)54-40/h12,14-16,19-20,22-27,32-33,36-38,40,50H,11,13,17-18,21H2,1-10H3,(H,46,52)/b14-12+/t23-,24-,25+,26+,27-,32+,33-,36-,37+,38-,40?,42-,43-/m1/s1. The number of amides is 1. The van der Waals surface area contributed by atoms with Gasteiger partial charge in [-0.15, -0.1) is 0 Å². The normalized spacial score (nSPS) is 37.2. The summed E-state index contributed by atoms with van der Waals surface area (Å²) in [6, 6.07) is 4.99. The summed E-state index contributed by atoms with van der Waals surface area (Å²) in [5, 5.41) is 15.0. The molecule has 0 saturated carbocycles. The summed E-state index contributed by atoms with van der Waals surface area (Å²) in [6.07, 6.45) is 1.23. The molecule has 0 radical (unpaired) electrons. The SMILES string of the molecule is CCC[C@H]1OC(=O)[C@H](C)C(=O)[C@H](C)[C@@H](OC2O[C@H](C)C[C@H](N(C)C)[C@H]2O)[C@](C)(OC/C=C/c2cnc3ccc(F)cc3c2)C[C@@H](C)C(=O)[C@H](C)[C@@H]2NC(=O)O[C@]12C. The number of fused-ring (bicyclic) bond motifs is 2. The van der Waals surface area contributed by atoms with Crippen LogP contribution in [0.5, 0.6) is 0 Å². The summed E-state index contributed by atoms with van der Waals surface area (Å²) in [4.78, 5) is 62.0. The van der Waals surface area contributed by atoms with E-state index in [0.29, 0.717) is 35.7 Å². The van der Waals surface area contributed by atoms with Gasteiger partial charge in [0.2, 0.25) is 0 Å². The number of aliphatic hydroxyl groups is 1. The van der Waals surface area contributed by atoms with Gasteiger partial charge in [0.25, 0.3) is 0 Å². The molecule has 2 aromatic rings. The topological polar surface area (TPSA) is 163 Å². The Labute approximate surface area is 335 Å². The summed E-state index contributed by atoms with van der Waals surface area (Å²) in [7, 11) is 3.71. The van der Waals surface area contributed by atoms with E-state index in [9.17, 15) is 28.7 Å². The number of hydrogen-bond acceptors (Lipinski definition) is 12. The highest BCUT2D eigenvalue weighted by atomic mass is 19.1. The van der Waals surface area contributed by atoms with Crippen LogP contribution in [0.2, 0.25) is 0 Å². The first-order valence-electron chi connectivity index (χ1n) is 20.1. The molecular weight excluding hydrogens is 737 g/mol. The zero-order valence-electron chi connectivity index (χ0n) is 34.8. The third kappa shape index (κ3) is 9.57. The number of nitrogens with zero attached hydrogens (tertiary/aromatic N) is 2. The number of Topliss-reactive ketones (excluding diaryl/α,β-unsaturated/α-hetero) is 2. The molecule has 57 heavy (non-hydrogen) atoms. The second kappa shape index (κ2) is 18.0. The van der Waals surface area contributed by atoms with Gasteiger partial charge in [-0.3, -0.25) is 19.4 Å². The van der Waals surface area contributed by atoms with Crippen LogP contribution >= 0.6 is 0 Å². The number of benzene rings is 1. The molecule has 4 heterocycles. The molecule has 314 valence electrons. The van der Waals surface area contributed by atoms with E-state index in [-0.39, 0.29) is 36.8 Å². The van der Waals surface area contributed by atoms with Crippen LogP contribution < -0.4 is 5.32 Å². The number of ketones is 2. The van der Waals surface area contributed by atoms with Crippen LogP contribution in [0.15, 0.2) is 36.5 Å². The van der Waals surface area contributed by atoms with Gasteiger partial charge in [0.1, 0.15) is 29.7 Å². The first-order chi connectivity index (χ1) is 26.8. The monoisotopic (exact) mass is 797 g/mol. The van der Waals surface area contributed by atoms with Crippen molar-refractivity contribution in [3.8, 4) is 0 Å². The Kier molecular flexibility index (Phi) is 14.0. The van der Waals surface area contributed by atoms with E-state index in [2.05, 4.69) is 10.3 Å². The van der Waals surface area contributed by atoms with Crippen molar-refractivity contribution in [1.29, 1.82) is 0 Å². The van der Waals surface area contributed by atoms with Crippen molar-refractivity contribution in [2.24, 2.45) is 23.7 Å². The van der Waals surface area contributed by atoms with Crippen molar-refractivity contribution in [3.05, 3.63) is 47.9 Å². The number of hydrogen-bond donors (Lipinski definition) is 2. The molecule has 0 bridgehead atoms. The minimum absolute atomic E-state index is 0.0133. The molecule has 0 spiro atoms. The lowest BCUT2D eigenvalue weighted by Crippen LogP contribution is -2.60. The number of aromatic nitrogens is 1. The Bertz CT molecular complexity index is 1820. The molecule has 1 unspecified atom stereocenters. The Balaban J connectivity index is 1.56. The Morgan fingerprint density at radius 1 is 1.05 bits per heavy atom. The van der Waals surface area contributed by atoms with E-state index < -0.39 is 83.4 Å². The van der Waals surface area contributed by atoms with Gasteiger partial charge in [-0.2, -0.15) is 0 Å². The number of esters is 1.